The highest BCUT2D eigenvalue weighted by Gasteiger charge is 2.22. The van der Waals surface area contributed by atoms with Gasteiger partial charge in [-0.05, 0) is 24.5 Å². The summed E-state index contributed by atoms with van der Waals surface area (Å²) < 4.78 is 27.3. The molecule has 0 aliphatic rings. The number of anilines is 1. The second-order valence-electron chi connectivity index (χ2n) is 5.07. The summed E-state index contributed by atoms with van der Waals surface area (Å²) in [5.74, 6) is 0.312. The lowest BCUT2D eigenvalue weighted by Crippen LogP contribution is -2.30. The van der Waals surface area contributed by atoms with Crippen LogP contribution in [-0.2, 0) is 10.0 Å². The summed E-state index contributed by atoms with van der Waals surface area (Å²) in [6, 6.07) is 2.76. The van der Waals surface area contributed by atoms with Gasteiger partial charge in [0.15, 0.2) is 0 Å². The molecule has 1 unspecified atom stereocenters. The van der Waals surface area contributed by atoms with Gasteiger partial charge in [-0.2, -0.15) is 0 Å². The van der Waals surface area contributed by atoms with Crippen molar-refractivity contribution in [2.45, 2.75) is 44.4 Å². The van der Waals surface area contributed by atoms with Gasteiger partial charge in [0.1, 0.15) is 4.90 Å². The number of nitrogens with one attached hydrogen (secondary N) is 1. The monoisotopic (exact) mass is 352 g/mol. The van der Waals surface area contributed by atoms with Crippen LogP contribution in [0.1, 0.15) is 39.5 Å². The van der Waals surface area contributed by atoms with E-state index in [9.17, 15) is 8.42 Å². The molecule has 1 aromatic carbocycles. The Bertz CT molecular complexity index is 553. The molecule has 1 atom stereocenters. The molecule has 0 saturated carbocycles. The smallest absolute Gasteiger partial charge is 0.244 e. The average molecular weight is 353 g/mol. The van der Waals surface area contributed by atoms with Crippen molar-refractivity contribution in [1.82, 2.24) is 4.72 Å². The van der Waals surface area contributed by atoms with E-state index in [-0.39, 0.29) is 15.6 Å². The van der Waals surface area contributed by atoms with E-state index >= 15 is 0 Å². The van der Waals surface area contributed by atoms with Crippen LogP contribution in [0.25, 0.3) is 0 Å². The fourth-order valence-electron chi connectivity index (χ4n) is 2.11. The van der Waals surface area contributed by atoms with Crippen LogP contribution in [0, 0.1) is 5.92 Å². The van der Waals surface area contributed by atoms with Crippen LogP contribution in [0.3, 0.4) is 0 Å². The predicted molar refractivity (Wildman–Crippen MR) is 89.4 cm³/mol. The highest BCUT2D eigenvalue weighted by molar-refractivity contribution is 7.89. The lowest BCUT2D eigenvalue weighted by atomic mass is 10.00. The zero-order valence-corrected chi connectivity index (χ0v) is 14.7. The van der Waals surface area contributed by atoms with Gasteiger partial charge in [-0.15, -0.1) is 0 Å². The summed E-state index contributed by atoms with van der Waals surface area (Å²) in [5.41, 5.74) is 5.80. The van der Waals surface area contributed by atoms with Gasteiger partial charge in [-0.3, -0.25) is 0 Å². The highest BCUT2D eigenvalue weighted by atomic mass is 35.5. The van der Waals surface area contributed by atoms with Crippen molar-refractivity contribution in [2.75, 3.05) is 12.3 Å². The zero-order valence-electron chi connectivity index (χ0n) is 12.3. The van der Waals surface area contributed by atoms with Crippen LogP contribution >= 0.6 is 23.2 Å². The second kappa shape index (κ2) is 8.22. The molecule has 0 aromatic heterocycles. The summed E-state index contributed by atoms with van der Waals surface area (Å²) in [6.45, 7) is 4.56. The maximum absolute atomic E-state index is 12.4. The van der Waals surface area contributed by atoms with Crippen molar-refractivity contribution < 1.29 is 8.42 Å². The molecule has 0 spiro atoms. The SMILES string of the molecule is CCCCC(CC)CNS(=O)(=O)c1c(N)cc(Cl)cc1Cl. The van der Waals surface area contributed by atoms with Gasteiger partial charge in [-0.1, -0.05) is 56.3 Å². The first-order chi connectivity index (χ1) is 9.81. The number of unbranched alkanes of at least 4 members (excludes halogenated alkanes) is 1. The van der Waals surface area contributed by atoms with Gasteiger partial charge in [0.25, 0.3) is 0 Å². The van der Waals surface area contributed by atoms with E-state index in [4.69, 9.17) is 28.9 Å². The molecule has 0 amide bonds. The van der Waals surface area contributed by atoms with E-state index < -0.39 is 10.0 Å². The van der Waals surface area contributed by atoms with Crippen molar-refractivity contribution in [3.05, 3.63) is 22.2 Å². The Hall–Kier alpha value is -0.490. The molecule has 0 bridgehead atoms. The molecule has 0 saturated heterocycles. The van der Waals surface area contributed by atoms with Crippen molar-refractivity contribution in [1.29, 1.82) is 0 Å². The molecule has 4 nitrogen and oxygen atoms in total. The molecule has 0 fully saturated rings. The van der Waals surface area contributed by atoms with Crippen molar-refractivity contribution in [2.24, 2.45) is 5.92 Å². The van der Waals surface area contributed by atoms with Gasteiger partial charge < -0.3 is 5.73 Å². The molecule has 1 rings (SSSR count). The first kappa shape index (κ1) is 18.6. The number of nitrogen functional groups attached to an aromatic ring is 1. The zero-order chi connectivity index (χ0) is 16.0. The first-order valence-electron chi connectivity index (χ1n) is 7.06. The number of halogens is 2. The quantitative estimate of drug-likeness (QED) is 0.692. The fraction of sp³-hybridized carbons (Fsp3) is 0.571. The van der Waals surface area contributed by atoms with E-state index in [1.165, 1.54) is 12.1 Å². The van der Waals surface area contributed by atoms with Gasteiger partial charge in [0, 0.05) is 11.6 Å². The van der Waals surface area contributed by atoms with E-state index in [0.717, 1.165) is 25.7 Å². The fourth-order valence-corrected chi connectivity index (χ4v) is 4.21. The Morgan fingerprint density at radius 2 is 1.95 bits per heavy atom. The van der Waals surface area contributed by atoms with Gasteiger partial charge in [0.2, 0.25) is 10.0 Å². The van der Waals surface area contributed by atoms with Crippen LogP contribution in [0.15, 0.2) is 17.0 Å². The van der Waals surface area contributed by atoms with Gasteiger partial charge >= 0.3 is 0 Å². The summed E-state index contributed by atoms with van der Waals surface area (Å²) >= 11 is 11.8. The maximum atomic E-state index is 12.4. The predicted octanol–water partition coefficient (Wildman–Crippen LogP) is 4.07. The lowest BCUT2D eigenvalue weighted by Gasteiger charge is -2.16. The van der Waals surface area contributed by atoms with E-state index in [1.54, 1.807) is 0 Å². The van der Waals surface area contributed by atoms with Gasteiger partial charge in [0.05, 0.1) is 10.7 Å². The third-order valence-electron chi connectivity index (χ3n) is 3.41. The molecule has 0 radical (unpaired) electrons. The molecule has 0 heterocycles. The number of hydrogen-bond donors (Lipinski definition) is 2. The molecule has 0 aliphatic heterocycles. The lowest BCUT2D eigenvalue weighted by molar-refractivity contribution is 0.444. The number of rotatable bonds is 8. The minimum atomic E-state index is -3.73. The number of hydrogen-bond acceptors (Lipinski definition) is 3. The molecule has 120 valence electrons. The summed E-state index contributed by atoms with van der Waals surface area (Å²) in [5, 5.41) is 0.347. The van der Waals surface area contributed by atoms with Crippen molar-refractivity contribution in [3.8, 4) is 0 Å². The third-order valence-corrected chi connectivity index (χ3v) is 5.58. The largest absolute Gasteiger partial charge is 0.398 e. The summed E-state index contributed by atoms with van der Waals surface area (Å²) in [7, 11) is -3.73. The molecule has 0 aliphatic carbocycles. The molecule has 7 heteroatoms. The van der Waals surface area contributed by atoms with Crippen LogP contribution < -0.4 is 10.5 Å². The molecule has 21 heavy (non-hydrogen) atoms. The van der Waals surface area contributed by atoms with Crippen LogP contribution in [0.5, 0.6) is 0 Å². The second-order valence-corrected chi connectivity index (χ2v) is 7.62. The Morgan fingerprint density at radius 3 is 2.48 bits per heavy atom. The average Bonchev–Trinajstić information content (AvgIpc) is 2.37. The maximum Gasteiger partial charge on any atom is 0.244 e. The Morgan fingerprint density at radius 1 is 1.29 bits per heavy atom. The van der Waals surface area contributed by atoms with E-state index in [1.807, 2.05) is 0 Å². The summed E-state index contributed by atoms with van der Waals surface area (Å²) in [6.07, 6.45) is 4.11. The number of nitrogens with two attached hydrogens (primary N) is 1. The Kier molecular flexibility index (Phi) is 7.27. The highest BCUT2D eigenvalue weighted by Crippen LogP contribution is 2.31. The van der Waals surface area contributed by atoms with Crippen molar-refractivity contribution >= 4 is 38.9 Å². The first-order valence-corrected chi connectivity index (χ1v) is 9.29. The molecule has 3 N–H and O–H groups in total. The Balaban J connectivity index is 2.87. The molecule has 1 aromatic rings. The number of sulfonamides is 1. The van der Waals surface area contributed by atoms with Crippen LogP contribution in [-0.4, -0.2) is 15.0 Å². The minimum Gasteiger partial charge on any atom is -0.398 e. The van der Waals surface area contributed by atoms with Crippen LogP contribution in [0.2, 0.25) is 10.0 Å². The van der Waals surface area contributed by atoms with E-state index in [0.29, 0.717) is 17.5 Å². The third kappa shape index (κ3) is 5.33. The van der Waals surface area contributed by atoms with Crippen molar-refractivity contribution in [3.63, 3.8) is 0 Å². The van der Waals surface area contributed by atoms with Gasteiger partial charge in [-0.25, -0.2) is 13.1 Å². The van der Waals surface area contributed by atoms with Crippen LogP contribution in [0.4, 0.5) is 5.69 Å². The van der Waals surface area contributed by atoms with E-state index in [2.05, 4.69) is 18.6 Å². The standard InChI is InChI=1S/C14H22Cl2N2O2S/c1-3-5-6-10(4-2)9-18-21(19,20)14-12(16)7-11(15)8-13(14)17/h7-8,10,18H,3-6,9,17H2,1-2H3. The Labute approximate surface area is 137 Å². The molecular weight excluding hydrogens is 331 g/mol. The normalized spacial score (nSPS) is 13.3. The number of benzene rings is 1. The molecular formula is C14H22Cl2N2O2S. The topological polar surface area (TPSA) is 72.2 Å². The minimum absolute atomic E-state index is 0.0362. The summed E-state index contributed by atoms with van der Waals surface area (Å²) in [4.78, 5) is -0.0982.